The molecule has 1 heterocycles. The topological polar surface area (TPSA) is 175 Å². The van der Waals surface area contributed by atoms with Gasteiger partial charge in [0.2, 0.25) is 0 Å². The molecule has 0 aromatic heterocycles. The normalized spacial score (nSPS) is 24.1. The second-order valence-electron chi connectivity index (χ2n) is 9.10. The van der Waals surface area contributed by atoms with E-state index in [1.807, 2.05) is 37.3 Å². The van der Waals surface area contributed by atoms with E-state index in [-0.39, 0.29) is 42.4 Å². The molecule has 0 saturated carbocycles. The van der Waals surface area contributed by atoms with Crippen LogP contribution >= 0.6 is 0 Å². The number of carbonyl (C=O) groups is 2. The lowest BCUT2D eigenvalue weighted by molar-refractivity contribution is -0.305. The third kappa shape index (κ3) is 7.97. The minimum absolute atomic E-state index is 0.0937. The molecular formula is C27H35NO10. The van der Waals surface area contributed by atoms with Gasteiger partial charge in [0.1, 0.15) is 42.5 Å². The predicted octanol–water partition coefficient (Wildman–Crippen LogP) is 0.863. The number of benzene rings is 2. The van der Waals surface area contributed by atoms with Crippen LogP contribution in [0.15, 0.2) is 48.5 Å². The summed E-state index contributed by atoms with van der Waals surface area (Å²) in [5, 5.41) is 52.7. The summed E-state index contributed by atoms with van der Waals surface area (Å²) in [4.78, 5) is 24.4. The summed E-state index contributed by atoms with van der Waals surface area (Å²) in [6.45, 7) is 2.68. The second-order valence-corrected chi connectivity index (χ2v) is 9.10. The van der Waals surface area contributed by atoms with Gasteiger partial charge in [-0.15, -0.1) is 0 Å². The van der Waals surface area contributed by atoms with Crippen LogP contribution in [0.25, 0.3) is 0 Å². The van der Waals surface area contributed by atoms with E-state index in [9.17, 15) is 35.1 Å². The van der Waals surface area contributed by atoms with Crippen LogP contribution in [0.2, 0.25) is 0 Å². The van der Waals surface area contributed by atoms with Gasteiger partial charge in [0.05, 0.1) is 5.56 Å². The first-order valence-electron chi connectivity index (χ1n) is 12.5. The number of aliphatic hydroxyl groups is 3. The van der Waals surface area contributed by atoms with E-state index >= 15 is 0 Å². The molecule has 0 radical (unpaired) electrons. The van der Waals surface area contributed by atoms with Gasteiger partial charge in [-0.25, -0.2) is 4.79 Å². The largest absolute Gasteiger partial charge is 0.508 e. The van der Waals surface area contributed by atoms with Crippen molar-refractivity contribution in [1.29, 1.82) is 0 Å². The molecule has 1 fully saturated rings. The Labute approximate surface area is 220 Å². The molecule has 38 heavy (non-hydrogen) atoms. The molecule has 1 aliphatic rings. The molecule has 1 aliphatic heterocycles. The van der Waals surface area contributed by atoms with Crippen LogP contribution in [0, 0.1) is 0 Å². The zero-order valence-electron chi connectivity index (χ0n) is 21.1. The number of aliphatic carboxylic acids is 1. The van der Waals surface area contributed by atoms with Gasteiger partial charge >= 0.3 is 5.97 Å². The molecule has 2 aromatic carbocycles. The monoisotopic (exact) mass is 533 g/mol. The van der Waals surface area contributed by atoms with Crippen molar-refractivity contribution in [3.8, 4) is 11.5 Å². The first-order valence-corrected chi connectivity index (χ1v) is 12.5. The van der Waals surface area contributed by atoms with Gasteiger partial charge in [0.15, 0.2) is 18.2 Å². The maximum atomic E-state index is 13.0. The van der Waals surface area contributed by atoms with Crippen molar-refractivity contribution < 1.29 is 49.3 Å². The highest BCUT2D eigenvalue weighted by Gasteiger charge is 2.48. The Morgan fingerprint density at radius 3 is 2.47 bits per heavy atom. The lowest BCUT2D eigenvalue weighted by Gasteiger charge is -2.39. The summed E-state index contributed by atoms with van der Waals surface area (Å²) < 4.78 is 16.9. The number of aliphatic hydroxyl groups excluding tert-OH is 3. The Morgan fingerprint density at radius 1 is 1.05 bits per heavy atom. The molecule has 0 amide bonds. The highest BCUT2D eigenvalue weighted by Crippen LogP contribution is 2.27. The fraction of sp³-hybridized carbons (Fsp3) is 0.481. The second kappa shape index (κ2) is 14.2. The highest BCUT2D eigenvalue weighted by atomic mass is 16.7. The zero-order chi connectivity index (χ0) is 27.7. The van der Waals surface area contributed by atoms with Crippen LogP contribution in [0.5, 0.6) is 11.5 Å². The molecule has 0 bridgehead atoms. The summed E-state index contributed by atoms with van der Waals surface area (Å²) in [6, 6.07) is 13.7. The fourth-order valence-corrected chi connectivity index (χ4v) is 4.02. The summed E-state index contributed by atoms with van der Waals surface area (Å²) in [5.41, 5.74) is 1.19. The molecule has 11 heteroatoms. The molecule has 0 aliphatic carbocycles. The molecule has 1 unspecified atom stereocenters. The van der Waals surface area contributed by atoms with E-state index in [1.54, 1.807) is 0 Å². The van der Waals surface area contributed by atoms with Gasteiger partial charge in [-0.3, -0.25) is 4.79 Å². The first-order chi connectivity index (χ1) is 18.2. The number of carboxylic acid groups (broad SMARTS) is 1. The first kappa shape index (κ1) is 29.5. The Bertz CT molecular complexity index is 1050. The zero-order valence-corrected chi connectivity index (χ0v) is 21.1. The molecule has 2 aromatic rings. The number of ether oxygens (including phenoxy) is 3. The van der Waals surface area contributed by atoms with E-state index in [4.69, 9.17) is 14.2 Å². The highest BCUT2D eigenvalue weighted by molar-refractivity contribution is 5.99. The van der Waals surface area contributed by atoms with Crippen LogP contribution in [-0.2, 0) is 20.7 Å². The van der Waals surface area contributed by atoms with Gasteiger partial charge in [0, 0.05) is 13.0 Å². The standard InChI is InChI=1S/C27H35NO10/c1-2-12-28-14-18(37-27-24(33)22(31)23(32)25(38-27)26(34)35)15-36-21-11-9-17(29)13-19(21)20(30)10-8-16-6-4-3-5-7-16/h3-7,9,11,13,18,22-25,27-29,31-33H,2,8,10,12,14-15H2,1H3,(H,34,35)/t18?,22-,23-,24+,25-,27+/m0/s1. The van der Waals surface area contributed by atoms with Crippen LogP contribution in [0.3, 0.4) is 0 Å². The Kier molecular flexibility index (Phi) is 11.0. The van der Waals surface area contributed by atoms with Crippen molar-refractivity contribution in [2.45, 2.75) is 63.0 Å². The number of ketones is 1. The van der Waals surface area contributed by atoms with Gasteiger partial charge in [-0.2, -0.15) is 0 Å². The summed E-state index contributed by atoms with van der Waals surface area (Å²) in [7, 11) is 0. The van der Waals surface area contributed by atoms with Crippen molar-refractivity contribution >= 4 is 11.8 Å². The number of phenols is 1. The van der Waals surface area contributed by atoms with Crippen molar-refractivity contribution in [2.24, 2.45) is 0 Å². The maximum absolute atomic E-state index is 13.0. The minimum Gasteiger partial charge on any atom is -0.508 e. The SMILES string of the molecule is CCCNCC(COc1ccc(O)cc1C(=O)CCc1ccccc1)O[C@@H]1O[C@H](C(=O)O)[C@@H](O)[C@H](O)[C@H]1O. The Hall–Kier alpha value is -3.06. The van der Waals surface area contributed by atoms with Crippen molar-refractivity contribution in [1.82, 2.24) is 5.32 Å². The number of carboxylic acids is 1. The number of hydrogen-bond donors (Lipinski definition) is 6. The van der Waals surface area contributed by atoms with Crippen LogP contribution in [-0.4, -0.2) is 93.8 Å². The fourth-order valence-electron chi connectivity index (χ4n) is 4.02. The number of hydrogen-bond acceptors (Lipinski definition) is 10. The Morgan fingerprint density at radius 2 is 1.79 bits per heavy atom. The third-order valence-corrected chi connectivity index (χ3v) is 6.11. The van der Waals surface area contributed by atoms with Gasteiger partial charge in [-0.1, -0.05) is 37.3 Å². The van der Waals surface area contributed by atoms with Crippen LogP contribution in [0.4, 0.5) is 0 Å². The van der Waals surface area contributed by atoms with Crippen LogP contribution in [0.1, 0.15) is 35.7 Å². The Balaban J connectivity index is 1.71. The number of rotatable bonds is 14. The van der Waals surface area contributed by atoms with E-state index in [2.05, 4.69) is 5.32 Å². The third-order valence-electron chi connectivity index (χ3n) is 6.11. The summed E-state index contributed by atoms with van der Waals surface area (Å²) in [5.74, 6) is -1.62. The molecule has 3 rings (SSSR count). The minimum atomic E-state index is -1.84. The summed E-state index contributed by atoms with van der Waals surface area (Å²) in [6.07, 6.45) is -7.98. The lowest BCUT2D eigenvalue weighted by atomic mass is 9.99. The number of phenolic OH excluding ortho intramolecular Hbond substituents is 1. The van der Waals surface area contributed by atoms with Gasteiger partial charge in [-0.05, 0) is 43.1 Å². The van der Waals surface area contributed by atoms with Crippen molar-refractivity contribution in [3.05, 3.63) is 59.7 Å². The number of aryl methyl sites for hydroxylation is 1. The van der Waals surface area contributed by atoms with Gasteiger partial charge in [0.25, 0.3) is 0 Å². The van der Waals surface area contributed by atoms with E-state index in [1.165, 1.54) is 18.2 Å². The smallest absolute Gasteiger partial charge is 0.335 e. The summed E-state index contributed by atoms with van der Waals surface area (Å²) >= 11 is 0. The van der Waals surface area contributed by atoms with E-state index < -0.39 is 42.8 Å². The molecular weight excluding hydrogens is 498 g/mol. The lowest BCUT2D eigenvalue weighted by Crippen LogP contribution is -2.61. The number of carbonyl (C=O) groups excluding carboxylic acids is 1. The average molecular weight is 534 g/mol. The number of Topliss-reactive ketones (excluding diaryl/α,β-unsaturated/α-hetero) is 1. The quantitative estimate of drug-likeness (QED) is 0.150. The van der Waals surface area contributed by atoms with E-state index in [0.717, 1.165) is 12.0 Å². The molecule has 11 nitrogen and oxygen atoms in total. The maximum Gasteiger partial charge on any atom is 0.335 e. The molecule has 208 valence electrons. The van der Waals surface area contributed by atoms with E-state index in [0.29, 0.717) is 13.0 Å². The molecule has 6 N–H and O–H groups in total. The molecule has 6 atom stereocenters. The van der Waals surface area contributed by atoms with Crippen LogP contribution < -0.4 is 10.1 Å². The van der Waals surface area contributed by atoms with Gasteiger partial charge < -0.3 is 45.1 Å². The average Bonchev–Trinajstić information content (AvgIpc) is 2.91. The predicted molar refractivity (Wildman–Crippen MR) is 135 cm³/mol. The number of aromatic hydroxyl groups is 1. The number of nitrogens with one attached hydrogen (secondary N) is 1. The molecule has 1 saturated heterocycles. The van der Waals surface area contributed by atoms with Crippen molar-refractivity contribution in [2.75, 3.05) is 19.7 Å². The van der Waals surface area contributed by atoms with Crippen molar-refractivity contribution in [3.63, 3.8) is 0 Å². The molecule has 0 spiro atoms.